The molecule has 0 amide bonds. The second kappa shape index (κ2) is 7.97. The van der Waals surface area contributed by atoms with E-state index in [4.69, 9.17) is 9.31 Å². The maximum absolute atomic E-state index is 11.4. The van der Waals surface area contributed by atoms with Gasteiger partial charge in [-0.2, -0.15) is 0 Å². The molecule has 1 fully saturated rings. The van der Waals surface area contributed by atoms with Gasteiger partial charge in [0.25, 0.3) is 0 Å². The molecule has 0 aromatic heterocycles. The Morgan fingerprint density at radius 3 is 2.40 bits per heavy atom. The van der Waals surface area contributed by atoms with Crippen molar-refractivity contribution in [1.82, 2.24) is 0 Å². The first-order valence-corrected chi connectivity index (χ1v) is 9.92. The Kier molecular flexibility index (Phi) is 6.60. The fourth-order valence-electron chi connectivity index (χ4n) is 2.38. The minimum Gasteiger partial charge on any atom is -0.400 e. The van der Waals surface area contributed by atoms with Gasteiger partial charge in [0.15, 0.2) is 5.12 Å². The lowest BCUT2D eigenvalue weighted by Gasteiger charge is -2.32. The van der Waals surface area contributed by atoms with Crippen molar-refractivity contribution in [3.63, 3.8) is 0 Å². The maximum atomic E-state index is 11.4. The number of rotatable bonds is 5. The number of halogens is 1. The SMILES string of the molecule is CC(=O)SCC(=Cc1ccc(Br)c(CO)c1)B1OC(C)(C)C(C)(C)O1. The summed E-state index contributed by atoms with van der Waals surface area (Å²) in [5.74, 6) is 0.497. The van der Waals surface area contributed by atoms with Gasteiger partial charge in [-0.1, -0.05) is 39.8 Å². The fraction of sp³-hybridized carbons (Fsp3) is 0.500. The van der Waals surface area contributed by atoms with Crippen LogP contribution in [-0.4, -0.2) is 34.3 Å². The van der Waals surface area contributed by atoms with Crippen molar-refractivity contribution in [2.45, 2.75) is 52.4 Å². The van der Waals surface area contributed by atoms with Crippen molar-refractivity contribution in [3.05, 3.63) is 39.3 Å². The molecule has 1 saturated heterocycles. The van der Waals surface area contributed by atoms with Gasteiger partial charge in [0, 0.05) is 17.1 Å². The van der Waals surface area contributed by atoms with E-state index in [0.29, 0.717) is 5.75 Å². The van der Waals surface area contributed by atoms with Crippen LogP contribution < -0.4 is 0 Å². The van der Waals surface area contributed by atoms with Gasteiger partial charge < -0.3 is 14.4 Å². The quantitative estimate of drug-likeness (QED) is 0.713. The molecule has 2 rings (SSSR count). The predicted molar refractivity (Wildman–Crippen MR) is 107 cm³/mol. The molecule has 7 heteroatoms. The molecule has 25 heavy (non-hydrogen) atoms. The molecule has 0 radical (unpaired) electrons. The van der Waals surface area contributed by atoms with Gasteiger partial charge in [0.2, 0.25) is 0 Å². The lowest BCUT2D eigenvalue weighted by Crippen LogP contribution is -2.41. The summed E-state index contributed by atoms with van der Waals surface area (Å²) in [4.78, 5) is 11.4. The normalized spacial score (nSPS) is 19.3. The summed E-state index contributed by atoms with van der Waals surface area (Å²) in [6.07, 6.45) is 1.98. The number of aliphatic hydroxyl groups excluding tert-OH is 1. The van der Waals surface area contributed by atoms with Gasteiger partial charge in [-0.05, 0) is 56.4 Å². The van der Waals surface area contributed by atoms with E-state index in [-0.39, 0.29) is 11.7 Å². The topological polar surface area (TPSA) is 55.8 Å². The molecule has 1 aliphatic rings. The molecule has 0 bridgehead atoms. The Hall–Kier alpha value is -0.595. The molecule has 1 N–H and O–H groups in total. The van der Waals surface area contributed by atoms with Crippen LogP contribution in [0.1, 0.15) is 45.7 Å². The Bertz CT molecular complexity index is 672. The first kappa shape index (κ1) is 20.7. The van der Waals surface area contributed by atoms with Crippen LogP contribution in [-0.2, 0) is 20.7 Å². The smallest absolute Gasteiger partial charge is 0.400 e. The standard InChI is InChI=1S/C18H24BBrO4S/c1-12(22)25-11-15(19-23-17(2,3)18(4,5)24-19)9-13-6-7-16(20)14(8-13)10-21/h6-9,21H,10-11H2,1-5H3. The van der Waals surface area contributed by atoms with Crippen LogP contribution in [0.4, 0.5) is 0 Å². The van der Waals surface area contributed by atoms with E-state index in [9.17, 15) is 9.90 Å². The average Bonchev–Trinajstić information content (AvgIpc) is 2.73. The van der Waals surface area contributed by atoms with Crippen LogP contribution in [0.25, 0.3) is 6.08 Å². The van der Waals surface area contributed by atoms with Crippen molar-refractivity contribution in [2.24, 2.45) is 0 Å². The Labute approximate surface area is 162 Å². The maximum Gasteiger partial charge on any atom is 0.491 e. The van der Waals surface area contributed by atoms with Crippen LogP contribution in [0.15, 0.2) is 28.1 Å². The molecule has 1 aromatic carbocycles. The highest BCUT2D eigenvalue weighted by atomic mass is 79.9. The van der Waals surface area contributed by atoms with E-state index < -0.39 is 18.3 Å². The van der Waals surface area contributed by atoms with Crippen molar-refractivity contribution >= 4 is 46.0 Å². The van der Waals surface area contributed by atoms with Crippen LogP contribution in [0.2, 0.25) is 0 Å². The molecular formula is C18H24BBrO4S. The third-order valence-electron chi connectivity index (χ3n) is 4.59. The number of benzene rings is 1. The molecule has 1 heterocycles. The van der Waals surface area contributed by atoms with Gasteiger partial charge in [-0.3, -0.25) is 4.79 Å². The monoisotopic (exact) mass is 426 g/mol. The van der Waals surface area contributed by atoms with Gasteiger partial charge in [-0.25, -0.2) is 0 Å². The summed E-state index contributed by atoms with van der Waals surface area (Å²) in [5, 5.41) is 9.50. The molecule has 1 aliphatic heterocycles. The number of aliphatic hydroxyl groups is 1. The molecule has 0 spiro atoms. The molecule has 0 aliphatic carbocycles. The zero-order chi connectivity index (χ0) is 18.8. The zero-order valence-corrected chi connectivity index (χ0v) is 17.7. The minimum atomic E-state index is -0.502. The summed E-state index contributed by atoms with van der Waals surface area (Å²) < 4.78 is 13.1. The summed E-state index contributed by atoms with van der Waals surface area (Å²) in [6, 6.07) is 5.76. The second-order valence-corrected chi connectivity index (χ2v) is 9.10. The third kappa shape index (κ3) is 4.98. The van der Waals surface area contributed by atoms with Crippen molar-refractivity contribution in [1.29, 1.82) is 0 Å². The van der Waals surface area contributed by atoms with Gasteiger partial charge in [0.05, 0.1) is 17.8 Å². The highest BCUT2D eigenvalue weighted by molar-refractivity contribution is 9.10. The molecular weight excluding hydrogens is 403 g/mol. The van der Waals surface area contributed by atoms with Crippen molar-refractivity contribution < 1.29 is 19.2 Å². The van der Waals surface area contributed by atoms with Crippen molar-refractivity contribution in [2.75, 3.05) is 5.75 Å². The second-order valence-electron chi connectivity index (χ2n) is 7.10. The number of hydrogen-bond acceptors (Lipinski definition) is 5. The first-order valence-electron chi connectivity index (χ1n) is 8.14. The molecule has 0 atom stereocenters. The number of hydrogen-bond donors (Lipinski definition) is 1. The summed E-state index contributed by atoms with van der Waals surface area (Å²) in [5.41, 5.74) is 1.76. The van der Waals surface area contributed by atoms with E-state index in [1.807, 2.05) is 52.0 Å². The molecule has 136 valence electrons. The summed E-state index contributed by atoms with van der Waals surface area (Å²) in [7, 11) is -0.502. The molecule has 0 saturated carbocycles. The first-order chi connectivity index (χ1) is 11.6. The zero-order valence-electron chi connectivity index (χ0n) is 15.3. The average molecular weight is 427 g/mol. The van der Waals surface area contributed by atoms with Crippen LogP contribution in [0, 0.1) is 0 Å². The number of thioether (sulfide) groups is 1. The lowest BCUT2D eigenvalue weighted by molar-refractivity contribution is -0.109. The van der Waals surface area contributed by atoms with Gasteiger partial charge >= 0.3 is 7.12 Å². The molecule has 4 nitrogen and oxygen atoms in total. The molecule has 1 aromatic rings. The predicted octanol–water partition coefficient (Wildman–Crippen LogP) is 4.24. The fourth-order valence-corrected chi connectivity index (χ4v) is 3.34. The van der Waals surface area contributed by atoms with Gasteiger partial charge in [0.1, 0.15) is 0 Å². The van der Waals surface area contributed by atoms with E-state index in [2.05, 4.69) is 15.9 Å². The van der Waals surface area contributed by atoms with E-state index in [1.54, 1.807) is 6.92 Å². The van der Waals surface area contributed by atoms with Crippen LogP contribution in [0.3, 0.4) is 0 Å². The van der Waals surface area contributed by atoms with Crippen LogP contribution in [0.5, 0.6) is 0 Å². The highest BCUT2D eigenvalue weighted by Crippen LogP contribution is 2.39. The third-order valence-corrected chi connectivity index (χ3v) is 6.25. The summed E-state index contributed by atoms with van der Waals surface area (Å²) >= 11 is 4.66. The Morgan fingerprint density at radius 1 is 1.28 bits per heavy atom. The Balaban J connectivity index is 2.35. The van der Waals surface area contributed by atoms with Gasteiger partial charge in [-0.15, -0.1) is 0 Å². The van der Waals surface area contributed by atoms with Crippen LogP contribution >= 0.6 is 27.7 Å². The largest absolute Gasteiger partial charge is 0.491 e. The minimum absolute atomic E-state index is 0.0454. The number of carbonyl (C=O) groups is 1. The van der Waals surface area contributed by atoms with E-state index in [0.717, 1.165) is 21.1 Å². The summed E-state index contributed by atoms with van der Waals surface area (Å²) in [6.45, 7) is 9.53. The highest BCUT2D eigenvalue weighted by Gasteiger charge is 2.52. The molecule has 0 unspecified atom stereocenters. The lowest BCUT2D eigenvalue weighted by atomic mass is 9.78. The van der Waals surface area contributed by atoms with E-state index >= 15 is 0 Å². The Morgan fingerprint density at radius 2 is 1.88 bits per heavy atom. The van der Waals surface area contributed by atoms with Crippen molar-refractivity contribution in [3.8, 4) is 0 Å². The number of carbonyl (C=O) groups excluding carboxylic acids is 1. The van der Waals surface area contributed by atoms with E-state index in [1.165, 1.54) is 11.8 Å².